The van der Waals surface area contributed by atoms with E-state index in [1.54, 1.807) is 0 Å². The van der Waals surface area contributed by atoms with Crippen molar-refractivity contribution in [2.75, 3.05) is 24.6 Å². The van der Waals surface area contributed by atoms with E-state index < -0.39 is 5.54 Å². The Labute approximate surface area is 137 Å². The van der Waals surface area contributed by atoms with Gasteiger partial charge in [-0.1, -0.05) is 12.8 Å². The second-order valence-corrected chi connectivity index (χ2v) is 6.86. The number of hydrogen-bond acceptors (Lipinski definition) is 4. The van der Waals surface area contributed by atoms with Crippen LogP contribution in [0.25, 0.3) is 0 Å². The first-order valence-corrected chi connectivity index (χ1v) is 8.58. The van der Waals surface area contributed by atoms with E-state index in [1.807, 2.05) is 24.3 Å². The number of nitrogens with zero attached hydrogens (tertiary/aromatic N) is 1. The lowest BCUT2D eigenvalue weighted by Gasteiger charge is -2.31. The number of carbonyl (C=O) groups is 1. The molecule has 1 amide bonds. The maximum Gasteiger partial charge on any atom is 0.251 e. The molecule has 0 radical (unpaired) electrons. The van der Waals surface area contributed by atoms with Crippen LogP contribution < -0.4 is 10.2 Å². The van der Waals surface area contributed by atoms with Crippen LogP contribution in [0.2, 0.25) is 0 Å². The monoisotopic (exact) mass is 318 g/mol. The van der Waals surface area contributed by atoms with Crippen molar-refractivity contribution in [1.82, 2.24) is 5.32 Å². The van der Waals surface area contributed by atoms with Gasteiger partial charge >= 0.3 is 0 Å². The molecule has 0 aromatic heterocycles. The first-order chi connectivity index (χ1) is 11.1. The second kappa shape index (κ2) is 6.89. The van der Waals surface area contributed by atoms with Crippen LogP contribution >= 0.6 is 0 Å². The molecule has 1 saturated heterocycles. The number of rotatable bonds is 4. The van der Waals surface area contributed by atoms with Crippen molar-refractivity contribution in [3.63, 3.8) is 0 Å². The fourth-order valence-electron chi connectivity index (χ4n) is 3.64. The molecule has 1 heterocycles. The summed E-state index contributed by atoms with van der Waals surface area (Å²) in [5.74, 6) is -0.110. The average molecular weight is 318 g/mol. The Morgan fingerprint density at radius 2 is 1.78 bits per heavy atom. The van der Waals surface area contributed by atoms with Crippen LogP contribution in [0.3, 0.4) is 0 Å². The maximum atomic E-state index is 12.4. The Morgan fingerprint density at radius 1 is 1.17 bits per heavy atom. The lowest BCUT2D eigenvalue weighted by Crippen LogP contribution is -2.49. The highest BCUT2D eigenvalue weighted by molar-refractivity contribution is 5.95. The minimum atomic E-state index is -0.432. The molecule has 1 aliphatic carbocycles. The molecule has 2 aliphatic rings. The summed E-state index contributed by atoms with van der Waals surface area (Å²) in [6.45, 7) is 1.70. The van der Waals surface area contributed by atoms with Crippen molar-refractivity contribution in [2.45, 2.75) is 50.2 Å². The van der Waals surface area contributed by atoms with E-state index in [-0.39, 0.29) is 18.6 Å². The number of anilines is 1. The standard InChI is InChI=1S/C18H26N2O3/c21-13-18(9-1-2-10-18)19-17(23)14-3-5-15(6-4-14)20-11-7-16(22)8-12-20/h3-6,16,21-22H,1-2,7-13H2,(H,19,23). The molecule has 1 aromatic rings. The van der Waals surface area contributed by atoms with E-state index in [0.717, 1.165) is 57.3 Å². The lowest BCUT2D eigenvalue weighted by molar-refractivity contribution is 0.0838. The number of hydrogen-bond donors (Lipinski definition) is 3. The third-order valence-corrected chi connectivity index (χ3v) is 5.20. The van der Waals surface area contributed by atoms with Crippen molar-refractivity contribution in [2.24, 2.45) is 0 Å². The number of aliphatic hydroxyl groups is 2. The van der Waals surface area contributed by atoms with Gasteiger partial charge in [0, 0.05) is 24.3 Å². The summed E-state index contributed by atoms with van der Waals surface area (Å²) in [6, 6.07) is 7.62. The molecule has 3 N–H and O–H groups in total. The number of piperidine rings is 1. The van der Waals surface area contributed by atoms with Crippen molar-refractivity contribution < 1.29 is 15.0 Å². The van der Waals surface area contributed by atoms with Crippen molar-refractivity contribution in [1.29, 1.82) is 0 Å². The Morgan fingerprint density at radius 3 is 2.35 bits per heavy atom. The fraction of sp³-hybridized carbons (Fsp3) is 0.611. The van der Waals surface area contributed by atoms with Gasteiger partial charge < -0.3 is 20.4 Å². The molecule has 0 spiro atoms. The SMILES string of the molecule is O=C(NC1(CO)CCCC1)c1ccc(N2CCC(O)CC2)cc1. The molecule has 5 nitrogen and oxygen atoms in total. The number of amides is 1. The summed E-state index contributed by atoms with van der Waals surface area (Å²) in [7, 11) is 0. The molecule has 0 bridgehead atoms. The van der Waals surface area contributed by atoms with E-state index in [0.29, 0.717) is 5.56 Å². The molecule has 3 rings (SSSR count). The maximum absolute atomic E-state index is 12.4. The van der Waals surface area contributed by atoms with Gasteiger partial charge in [0.1, 0.15) is 0 Å². The zero-order valence-electron chi connectivity index (χ0n) is 13.5. The molecule has 2 fully saturated rings. The van der Waals surface area contributed by atoms with Gasteiger partial charge in [-0.3, -0.25) is 4.79 Å². The molecule has 0 atom stereocenters. The Hall–Kier alpha value is -1.59. The van der Waals surface area contributed by atoms with E-state index >= 15 is 0 Å². The van der Waals surface area contributed by atoms with Gasteiger partial charge in [-0.15, -0.1) is 0 Å². The molecule has 1 aromatic carbocycles. The quantitative estimate of drug-likeness (QED) is 0.790. The summed E-state index contributed by atoms with van der Waals surface area (Å²) < 4.78 is 0. The normalized spacial score (nSPS) is 21.4. The Balaban J connectivity index is 1.63. The number of aliphatic hydroxyl groups excluding tert-OH is 2. The van der Waals surface area contributed by atoms with Crippen LogP contribution in [0.5, 0.6) is 0 Å². The van der Waals surface area contributed by atoms with E-state index in [2.05, 4.69) is 10.2 Å². The Kier molecular flexibility index (Phi) is 4.87. The summed E-state index contributed by atoms with van der Waals surface area (Å²) in [6.07, 6.45) is 5.22. The molecule has 1 saturated carbocycles. The first kappa shape index (κ1) is 16.3. The highest BCUT2D eigenvalue weighted by atomic mass is 16.3. The molecule has 5 heteroatoms. The second-order valence-electron chi connectivity index (χ2n) is 6.86. The van der Waals surface area contributed by atoms with Gasteiger partial charge in [-0.05, 0) is 49.9 Å². The van der Waals surface area contributed by atoms with E-state index in [1.165, 1.54) is 0 Å². The molecular formula is C18H26N2O3. The van der Waals surface area contributed by atoms with Crippen LogP contribution in [0.4, 0.5) is 5.69 Å². The van der Waals surface area contributed by atoms with E-state index in [4.69, 9.17) is 0 Å². The summed E-state index contributed by atoms with van der Waals surface area (Å²) >= 11 is 0. The first-order valence-electron chi connectivity index (χ1n) is 8.58. The van der Waals surface area contributed by atoms with Crippen molar-refractivity contribution >= 4 is 11.6 Å². The minimum absolute atomic E-state index is 0.00687. The zero-order valence-corrected chi connectivity index (χ0v) is 13.5. The number of benzene rings is 1. The van der Waals surface area contributed by atoms with Gasteiger partial charge in [0.2, 0.25) is 0 Å². The zero-order chi connectivity index (χ0) is 16.3. The average Bonchev–Trinajstić information content (AvgIpc) is 3.05. The van der Waals surface area contributed by atoms with Crippen LogP contribution in [0.1, 0.15) is 48.9 Å². The molecule has 23 heavy (non-hydrogen) atoms. The predicted octanol–water partition coefficient (Wildman–Crippen LogP) is 1.68. The van der Waals surface area contributed by atoms with Crippen LogP contribution in [0, 0.1) is 0 Å². The summed E-state index contributed by atoms with van der Waals surface area (Å²) in [5.41, 5.74) is 1.29. The van der Waals surface area contributed by atoms with Gasteiger partial charge in [0.15, 0.2) is 0 Å². The van der Waals surface area contributed by atoms with Gasteiger partial charge in [0.05, 0.1) is 18.2 Å². The molecular weight excluding hydrogens is 292 g/mol. The third-order valence-electron chi connectivity index (χ3n) is 5.20. The summed E-state index contributed by atoms with van der Waals surface area (Å²) in [4.78, 5) is 14.7. The number of nitrogens with one attached hydrogen (secondary N) is 1. The highest BCUT2D eigenvalue weighted by Crippen LogP contribution is 2.29. The van der Waals surface area contributed by atoms with Crippen molar-refractivity contribution in [3.8, 4) is 0 Å². The third kappa shape index (κ3) is 3.67. The van der Waals surface area contributed by atoms with Crippen LogP contribution in [-0.4, -0.2) is 47.5 Å². The molecule has 126 valence electrons. The van der Waals surface area contributed by atoms with Crippen molar-refractivity contribution in [3.05, 3.63) is 29.8 Å². The number of carbonyl (C=O) groups excluding carboxylic acids is 1. The van der Waals surface area contributed by atoms with Gasteiger partial charge in [-0.25, -0.2) is 0 Å². The molecule has 0 unspecified atom stereocenters. The topological polar surface area (TPSA) is 72.8 Å². The Bertz CT molecular complexity index is 530. The van der Waals surface area contributed by atoms with Crippen LogP contribution in [-0.2, 0) is 0 Å². The lowest BCUT2D eigenvalue weighted by atomic mass is 9.98. The smallest absolute Gasteiger partial charge is 0.251 e. The predicted molar refractivity (Wildman–Crippen MR) is 89.6 cm³/mol. The molecule has 1 aliphatic heterocycles. The van der Waals surface area contributed by atoms with Gasteiger partial charge in [-0.2, -0.15) is 0 Å². The summed E-state index contributed by atoms with van der Waals surface area (Å²) in [5, 5.41) is 22.2. The largest absolute Gasteiger partial charge is 0.394 e. The highest BCUT2D eigenvalue weighted by Gasteiger charge is 2.34. The van der Waals surface area contributed by atoms with Crippen LogP contribution in [0.15, 0.2) is 24.3 Å². The fourth-order valence-corrected chi connectivity index (χ4v) is 3.64. The van der Waals surface area contributed by atoms with E-state index in [9.17, 15) is 15.0 Å². The van der Waals surface area contributed by atoms with Gasteiger partial charge in [0.25, 0.3) is 5.91 Å². The minimum Gasteiger partial charge on any atom is -0.394 e.